The van der Waals surface area contributed by atoms with Crippen molar-refractivity contribution in [1.82, 2.24) is 19.7 Å². The van der Waals surface area contributed by atoms with Gasteiger partial charge in [-0.15, -0.1) is 5.10 Å². The number of likely N-dealkylation sites (N-methyl/N-ethyl adjacent to an activating group) is 1. The van der Waals surface area contributed by atoms with Crippen LogP contribution in [0.3, 0.4) is 0 Å². The number of hydrogen-bond acceptors (Lipinski definition) is 4. The Labute approximate surface area is 82.7 Å². The summed E-state index contributed by atoms with van der Waals surface area (Å²) < 4.78 is 1.43. The van der Waals surface area contributed by atoms with Crippen molar-refractivity contribution in [3.63, 3.8) is 0 Å². The van der Waals surface area contributed by atoms with Crippen molar-refractivity contribution in [3.05, 3.63) is 6.33 Å². The highest BCUT2D eigenvalue weighted by Gasteiger charge is 2.12. The van der Waals surface area contributed by atoms with Crippen LogP contribution in [0.4, 0.5) is 5.95 Å². The van der Waals surface area contributed by atoms with E-state index in [4.69, 9.17) is 5.73 Å². The number of carbonyl (C=O) groups is 1. The van der Waals surface area contributed by atoms with Crippen molar-refractivity contribution in [2.45, 2.75) is 26.4 Å². The minimum atomic E-state index is -0.00935. The molecule has 1 heterocycles. The van der Waals surface area contributed by atoms with Crippen LogP contribution in [0, 0.1) is 0 Å². The Balaban J connectivity index is 2.57. The Kier molecular flexibility index (Phi) is 3.06. The number of anilines is 1. The van der Waals surface area contributed by atoms with Gasteiger partial charge in [0, 0.05) is 13.1 Å². The van der Waals surface area contributed by atoms with E-state index in [1.807, 2.05) is 13.8 Å². The normalized spacial score (nSPS) is 10.6. The van der Waals surface area contributed by atoms with E-state index in [9.17, 15) is 4.79 Å². The molecule has 1 amide bonds. The predicted molar refractivity (Wildman–Crippen MR) is 52.3 cm³/mol. The van der Waals surface area contributed by atoms with Gasteiger partial charge in [0.25, 0.3) is 0 Å². The summed E-state index contributed by atoms with van der Waals surface area (Å²) in [6.07, 6.45) is 1.45. The molecule has 0 saturated heterocycles. The molecule has 0 aromatic carbocycles. The molecule has 0 unspecified atom stereocenters. The van der Waals surface area contributed by atoms with Crippen LogP contribution >= 0.6 is 0 Å². The fourth-order valence-corrected chi connectivity index (χ4v) is 0.923. The highest BCUT2D eigenvalue weighted by Crippen LogP contribution is 1.97. The van der Waals surface area contributed by atoms with Crippen molar-refractivity contribution >= 4 is 11.9 Å². The SMILES string of the molecule is CC(C)N(C)C(=O)Cn1cnc(N)n1. The minimum absolute atomic E-state index is 0.00935. The molecule has 0 bridgehead atoms. The molecule has 0 radical (unpaired) electrons. The lowest BCUT2D eigenvalue weighted by Gasteiger charge is -2.20. The second-order valence-electron chi connectivity index (χ2n) is 3.40. The monoisotopic (exact) mass is 197 g/mol. The molecule has 1 aromatic heterocycles. The number of aromatic nitrogens is 3. The van der Waals surface area contributed by atoms with Crippen LogP contribution in [0.2, 0.25) is 0 Å². The molecule has 0 fully saturated rings. The third kappa shape index (κ3) is 2.45. The lowest BCUT2D eigenvalue weighted by Crippen LogP contribution is -2.35. The lowest BCUT2D eigenvalue weighted by molar-refractivity contribution is -0.132. The van der Waals surface area contributed by atoms with Gasteiger partial charge < -0.3 is 10.6 Å². The summed E-state index contributed by atoms with van der Waals surface area (Å²) in [6, 6.07) is 0.184. The van der Waals surface area contributed by atoms with Gasteiger partial charge in [-0.3, -0.25) is 4.79 Å². The van der Waals surface area contributed by atoms with Gasteiger partial charge in [0.1, 0.15) is 12.9 Å². The van der Waals surface area contributed by atoms with E-state index in [2.05, 4.69) is 10.1 Å². The van der Waals surface area contributed by atoms with Crippen LogP contribution in [0.5, 0.6) is 0 Å². The third-order valence-electron chi connectivity index (χ3n) is 2.02. The molecular formula is C8H15N5O. The smallest absolute Gasteiger partial charge is 0.244 e. The summed E-state index contributed by atoms with van der Waals surface area (Å²) in [7, 11) is 1.76. The standard InChI is InChI=1S/C8H15N5O/c1-6(2)12(3)7(14)4-13-5-10-8(9)11-13/h5-6H,4H2,1-3H3,(H2,9,11). The molecule has 2 N–H and O–H groups in total. The number of rotatable bonds is 3. The summed E-state index contributed by atoms with van der Waals surface area (Å²) in [5, 5.41) is 3.83. The highest BCUT2D eigenvalue weighted by molar-refractivity contribution is 5.75. The van der Waals surface area contributed by atoms with Gasteiger partial charge in [-0.1, -0.05) is 0 Å². The maximum Gasteiger partial charge on any atom is 0.244 e. The predicted octanol–water partition coefficient (Wildman–Crippen LogP) is -0.273. The van der Waals surface area contributed by atoms with Crippen LogP contribution in [0.1, 0.15) is 13.8 Å². The molecule has 0 spiro atoms. The molecule has 0 saturated carbocycles. The number of nitrogen functional groups attached to an aromatic ring is 1. The van der Waals surface area contributed by atoms with Gasteiger partial charge in [0.15, 0.2) is 0 Å². The van der Waals surface area contributed by atoms with Crippen LogP contribution < -0.4 is 5.73 Å². The Morgan fingerprint density at radius 1 is 1.71 bits per heavy atom. The molecule has 0 aliphatic heterocycles. The van der Waals surface area contributed by atoms with E-state index in [0.29, 0.717) is 0 Å². The zero-order valence-corrected chi connectivity index (χ0v) is 8.64. The van der Waals surface area contributed by atoms with E-state index in [1.54, 1.807) is 11.9 Å². The summed E-state index contributed by atoms with van der Waals surface area (Å²) >= 11 is 0. The first-order chi connectivity index (χ1) is 6.50. The minimum Gasteiger partial charge on any atom is -0.367 e. The first-order valence-corrected chi connectivity index (χ1v) is 4.41. The second-order valence-corrected chi connectivity index (χ2v) is 3.40. The first-order valence-electron chi connectivity index (χ1n) is 4.41. The molecule has 1 aromatic rings. The lowest BCUT2D eigenvalue weighted by atomic mass is 10.3. The molecular weight excluding hydrogens is 182 g/mol. The van der Waals surface area contributed by atoms with Crippen molar-refractivity contribution in [3.8, 4) is 0 Å². The Morgan fingerprint density at radius 2 is 2.36 bits per heavy atom. The number of hydrogen-bond donors (Lipinski definition) is 1. The summed E-state index contributed by atoms with van der Waals surface area (Å²) in [4.78, 5) is 16.9. The van der Waals surface area contributed by atoms with Gasteiger partial charge in [0.2, 0.25) is 11.9 Å². The molecule has 1 rings (SSSR count). The van der Waals surface area contributed by atoms with Crippen molar-refractivity contribution in [1.29, 1.82) is 0 Å². The number of carbonyl (C=O) groups excluding carboxylic acids is 1. The fraction of sp³-hybridized carbons (Fsp3) is 0.625. The van der Waals surface area contributed by atoms with Crippen LogP contribution in [0.15, 0.2) is 6.33 Å². The molecule has 6 nitrogen and oxygen atoms in total. The number of nitrogens with zero attached hydrogens (tertiary/aromatic N) is 4. The average Bonchev–Trinajstić information content (AvgIpc) is 2.49. The van der Waals surface area contributed by atoms with E-state index >= 15 is 0 Å². The quantitative estimate of drug-likeness (QED) is 0.723. The number of nitrogens with two attached hydrogens (primary N) is 1. The third-order valence-corrected chi connectivity index (χ3v) is 2.02. The highest BCUT2D eigenvalue weighted by atomic mass is 16.2. The fourth-order valence-electron chi connectivity index (χ4n) is 0.923. The van der Waals surface area contributed by atoms with Crippen LogP contribution in [0.25, 0.3) is 0 Å². The maximum atomic E-state index is 11.6. The van der Waals surface area contributed by atoms with Gasteiger partial charge in [-0.05, 0) is 13.8 Å². The van der Waals surface area contributed by atoms with Gasteiger partial charge >= 0.3 is 0 Å². The molecule has 0 atom stereocenters. The summed E-state index contributed by atoms with van der Waals surface area (Å²) in [5.74, 6) is 0.176. The average molecular weight is 197 g/mol. The largest absolute Gasteiger partial charge is 0.367 e. The van der Waals surface area contributed by atoms with E-state index in [-0.39, 0.29) is 24.4 Å². The van der Waals surface area contributed by atoms with Crippen molar-refractivity contribution in [2.24, 2.45) is 0 Å². The zero-order chi connectivity index (χ0) is 10.7. The molecule has 14 heavy (non-hydrogen) atoms. The van der Waals surface area contributed by atoms with Crippen molar-refractivity contribution < 1.29 is 4.79 Å². The Bertz CT molecular complexity index is 319. The first kappa shape index (κ1) is 10.5. The van der Waals surface area contributed by atoms with E-state index in [0.717, 1.165) is 0 Å². The van der Waals surface area contributed by atoms with Crippen LogP contribution in [-0.2, 0) is 11.3 Å². The van der Waals surface area contributed by atoms with E-state index in [1.165, 1.54) is 11.0 Å². The molecule has 0 aliphatic carbocycles. The van der Waals surface area contributed by atoms with Gasteiger partial charge in [-0.2, -0.15) is 0 Å². The molecule has 0 aliphatic rings. The van der Waals surface area contributed by atoms with Crippen LogP contribution in [-0.4, -0.2) is 38.7 Å². The molecule has 78 valence electrons. The maximum absolute atomic E-state index is 11.6. The van der Waals surface area contributed by atoms with Crippen molar-refractivity contribution in [2.75, 3.05) is 12.8 Å². The number of amides is 1. The van der Waals surface area contributed by atoms with E-state index < -0.39 is 0 Å². The topological polar surface area (TPSA) is 77.0 Å². The Morgan fingerprint density at radius 3 is 2.79 bits per heavy atom. The van der Waals surface area contributed by atoms with Gasteiger partial charge in [0.05, 0.1) is 0 Å². The summed E-state index contributed by atoms with van der Waals surface area (Å²) in [5.41, 5.74) is 5.32. The summed E-state index contributed by atoms with van der Waals surface area (Å²) in [6.45, 7) is 4.08. The molecule has 6 heteroatoms. The zero-order valence-electron chi connectivity index (χ0n) is 8.64. The Hall–Kier alpha value is -1.59. The van der Waals surface area contributed by atoms with Gasteiger partial charge in [-0.25, -0.2) is 9.67 Å². The second kappa shape index (κ2) is 4.08.